The highest BCUT2D eigenvalue weighted by Gasteiger charge is 2.36. The summed E-state index contributed by atoms with van der Waals surface area (Å²) in [4.78, 5) is 8.84. The van der Waals surface area contributed by atoms with Crippen LogP contribution in [0.15, 0.2) is 182 Å². The van der Waals surface area contributed by atoms with E-state index in [2.05, 4.69) is 201 Å². The lowest BCUT2D eigenvalue weighted by molar-refractivity contribution is 0.660. The molecule has 2 aliphatic rings. The summed E-state index contributed by atoms with van der Waals surface area (Å²) in [5.41, 5.74) is 18.4. The smallest absolute Gasteiger partial charge is 0.124 e. The van der Waals surface area contributed by atoms with Crippen molar-refractivity contribution in [2.24, 2.45) is 0 Å². The van der Waals surface area contributed by atoms with Crippen LogP contribution in [0, 0.1) is 0 Å². The van der Waals surface area contributed by atoms with Gasteiger partial charge in [-0.05, 0) is 86.3 Å². The molecule has 0 amide bonds. The molecule has 0 aliphatic heterocycles. The Morgan fingerprint density at radius 1 is 0.436 bits per heavy atom. The van der Waals surface area contributed by atoms with Crippen molar-refractivity contribution >= 4 is 39.2 Å². The zero-order chi connectivity index (χ0) is 36.7. The highest BCUT2D eigenvalue weighted by atomic mass is 32.1. The highest BCUT2D eigenvalue weighted by Crippen LogP contribution is 2.53. The van der Waals surface area contributed by atoms with Gasteiger partial charge in [-0.25, -0.2) is 4.98 Å². The summed E-state index contributed by atoms with van der Waals surface area (Å²) in [6.45, 7) is 4.70. The quantitative estimate of drug-likeness (QED) is 0.170. The Balaban J connectivity index is 0.996. The Morgan fingerprint density at radius 2 is 1.00 bits per heavy atom. The molecule has 0 atom stereocenters. The van der Waals surface area contributed by atoms with Crippen molar-refractivity contribution in [1.82, 2.24) is 4.98 Å². The maximum Gasteiger partial charge on any atom is 0.124 e. The Hall–Kier alpha value is -6.55. The summed E-state index contributed by atoms with van der Waals surface area (Å²) < 4.78 is 0. The first kappa shape index (κ1) is 31.9. The minimum Gasteiger partial charge on any atom is -0.310 e. The van der Waals surface area contributed by atoms with Crippen molar-refractivity contribution in [3.8, 4) is 65.6 Å². The van der Waals surface area contributed by atoms with E-state index >= 15 is 0 Å². The van der Waals surface area contributed by atoms with E-state index in [0.29, 0.717) is 0 Å². The molecule has 0 spiro atoms. The molecule has 0 bridgehead atoms. The zero-order valence-electron chi connectivity index (χ0n) is 30.6. The minimum absolute atomic E-state index is 0.0909. The van der Waals surface area contributed by atoms with Crippen LogP contribution in [0.4, 0.5) is 17.1 Å². The van der Waals surface area contributed by atoms with E-state index in [4.69, 9.17) is 4.98 Å². The van der Waals surface area contributed by atoms with E-state index in [1.807, 2.05) is 0 Å². The van der Waals surface area contributed by atoms with Crippen LogP contribution >= 0.6 is 11.3 Å². The second-order valence-electron chi connectivity index (χ2n) is 15.1. The first-order valence-electron chi connectivity index (χ1n) is 19.0. The number of hydrogen-bond donors (Lipinski definition) is 0. The van der Waals surface area contributed by atoms with Crippen LogP contribution in [0.2, 0.25) is 0 Å². The topological polar surface area (TPSA) is 16.1 Å². The molecular formula is C52H36N2S. The van der Waals surface area contributed by atoms with Crippen LogP contribution in [0.5, 0.6) is 0 Å². The minimum atomic E-state index is -0.0909. The van der Waals surface area contributed by atoms with E-state index in [0.717, 1.165) is 27.8 Å². The third-order valence-corrected chi connectivity index (χ3v) is 12.8. The van der Waals surface area contributed by atoms with Gasteiger partial charge in [-0.15, -0.1) is 11.3 Å². The number of anilines is 3. The van der Waals surface area contributed by atoms with E-state index < -0.39 is 0 Å². The van der Waals surface area contributed by atoms with Crippen LogP contribution in [-0.4, -0.2) is 4.98 Å². The van der Waals surface area contributed by atoms with Gasteiger partial charge in [0.05, 0.1) is 10.6 Å². The predicted octanol–water partition coefficient (Wildman–Crippen LogP) is 14.7. The standard InChI is InChI=1S/C52H36N2S/c1-52(2)46-19-10-9-16-41(46)42-29-28-39(32-47(42)52)54(37-24-20-34(21-25-37)33-12-5-3-6-13-33)38-26-22-35(23-27-38)40-30-31-44-48-43(40)17-11-18-45(48)50-49(44)53-51(55-50)36-14-7-4-8-15-36/h3-32H,1-2H3. The molecule has 11 rings (SSSR count). The van der Waals surface area contributed by atoms with Crippen molar-refractivity contribution in [3.05, 3.63) is 193 Å². The lowest BCUT2D eigenvalue weighted by Gasteiger charge is -2.28. The number of benzene rings is 8. The lowest BCUT2D eigenvalue weighted by atomic mass is 9.82. The normalized spacial score (nSPS) is 13.1. The van der Waals surface area contributed by atoms with Gasteiger partial charge < -0.3 is 4.90 Å². The fourth-order valence-corrected chi connectivity index (χ4v) is 10.1. The summed E-state index contributed by atoms with van der Waals surface area (Å²) in [5.74, 6) is 0. The number of thiazole rings is 1. The monoisotopic (exact) mass is 720 g/mol. The second kappa shape index (κ2) is 12.2. The zero-order valence-corrected chi connectivity index (χ0v) is 31.4. The van der Waals surface area contributed by atoms with E-state index in [9.17, 15) is 0 Å². The molecule has 3 heteroatoms. The van der Waals surface area contributed by atoms with Crippen LogP contribution in [0.3, 0.4) is 0 Å². The molecule has 0 unspecified atom stereocenters. The number of hydrogen-bond acceptors (Lipinski definition) is 3. The van der Waals surface area contributed by atoms with E-state index in [1.54, 1.807) is 11.3 Å². The molecular weight excluding hydrogens is 685 g/mol. The Kier molecular flexibility index (Phi) is 7.11. The molecule has 9 aromatic rings. The summed E-state index contributed by atoms with van der Waals surface area (Å²) in [6, 6.07) is 66.4. The average molecular weight is 721 g/mol. The predicted molar refractivity (Wildman–Crippen MR) is 233 cm³/mol. The molecule has 0 radical (unpaired) electrons. The van der Waals surface area contributed by atoms with Crippen molar-refractivity contribution in [2.45, 2.75) is 19.3 Å². The lowest BCUT2D eigenvalue weighted by Crippen LogP contribution is -2.16. The molecule has 260 valence electrons. The first-order valence-corrected chi connectivity index (χ1v) is 19.8. The van der Waals surface area contributed by atoms with E-state index in [1.165, 1.54) is 76.8 Å². The number of aromatic nitrogens is 1. The van der Waals surface area contributed by atoms with E-state index in [-0.39, 0.29) is 5.41 Å². The van der Waals surface area contributed by atoms with Gasteiger partial charge in [0.2, 0.25) is 0 Å². The molecule has 0 saturated carbocycles. The van der Waals surface area contributed by atoms with Crippen LogP contribution in [-0.2, 0) is 5.41 Å². The SMILES string of the molecule is CC1(C)c2ccccc2-c2ccc(N(c3ccc(-c4ccccc4)cc3)c3ccc(-c4ccc5c6c(cccc46)-c4sc(-c6ccccc6)nc4-5)cc3)cc21. The van der Waals surface area contributed by atoms with Crippen molar-refractivity contribution in [2.75, 3.05) is 4.90 Å². The molecule has 1 aromatic heterocycles. The largest absolute Gasteiger partial charge is 0.310 e. The summed E-state index contributed by atoms with van der Waals surface area (Å²) in [5, 5.41) is 3.64. The van der Waals surface area contributed by atoms with Crippen LogP contribution < -0.4 is 4.90 Å². The number of nitrogens with zero attached hydrogens (tertiary/aromatic N) is 2. The molecule has 0 fully saturated rings. The summed E-state index contributed by atoms with van der Waals surface area (Å²) >= 11 is 1.79. The fourth-order valence-electron chi connectivity index (χ4n) is 8.94. The Morgan fingerprint density at radius 3 is 1.75 bits per heavy atom. The first-order chi connectivity index (χ1) is 27.0. The molecule has 2 nitrogen and oxygen atoms in total. The number of rotatable bonds is 6. The Bertz CT molecular complexity index is 2890. The van der Waals surface area contributed by atoms with Crippen molar-refractivity contribution in [1.29, 1.82) is 0 Å². The van der Waals surface area contributed by atoms with Crippen LogP contribution in [0.25, 0.3) is 76.4 Å². The van der Waals surface area contributed by atoms with Gasteiger partial charge in [-0.3, -0.25) is 0 Å². The maximum atomic E-state index is 5.17. The van der Waals surface area contributed by atoms with Gasteiger partial charge in [0.25, 0.3) is 0 Å². The fraction of sp³-hybridized carbons (Fsp3) is 0.0577. The average Bonchev–Trinajstić information content (AvgIpc) is 3.88. The van der Waals surface area contributed by atoms with Gasteiger partial charge in [0.15, 0.2) is 0 Å². The summed E-state index contributed by atoms with van der Waals surface area (Å²) in [6.07, 6.45) is 0. The maximum absolute atomic E-state index is 5.17. The third-order valence-electron chi connectivity index (χ3n) is 11.7. The van der Waals surface area contributed by atoms with Gasteiger partial charge >= 0.3 is 0 Å². The van der Waals surface area contributed by atoms with Crippen molar-refractivity contribution in [3.63, 3.8) is 0 Å². The molecule has 8 aromatic carbocycles. The molecule has 55 heavy (non-hydrogen) atoms. The third kappa shape index (κ3) is 4.97. The highest BCUT2D eigenvalue weighted by molar-refractivity contribution is 7.19. The van der Waals surface area contributed by atoms with Crippen LogP contribution in [0.1, 0.15) is 25.0 Å². The molecule has 1 heterocycles. The Labute approximate surface area is 325 Å². The van der Waals surface area contributed by atoms with Gasteiger partial charge in [-0.2, -0.15) is 0 Å². The number of fused-ring (bicyclic) bond motifs is 6. The van der Waals surface area contributed by atoms with Gasteiger partial charge in [-0.1, -0.05) is 159 Å². The van der Waals surface area contributed by atoms with Gasteiger partial charge in [0.1, 0.15) is 5.01 Å². The summed E-state index contributed by atoms with van der Waals surface area (Å²) in [7, 11) is 0. The van der Waals surface area contributed by atoms with Crippen molar-refractivity contribution < 1.29 is 0 Å². The molecule has 0 saturated heterocycles. The molecule has 2 aliphatic carbocycles. The molecule has 0 N–H and O–H groups in total. The second-order valence-corrected chi connectivity index (χ2v) is 16.1. The van der Waals surface area contributed by atoms with Gasteiger partial charge in [0, 0.05) is 44.6 Å².